The maximum absolute atomic E-state index is 12.7. The van der Waals surface area contributed by atoms with Gasteiger partial charge in [-0.15, -0.1) is 0 Å². The molecular weight excluding hydrogens is 374 g/mol. The SMILES string of the molecule is CCc1ccccc1N=C1S/C(=C/c2ccc(N3CCOCC3)o2)C(=O)N1C. The Kier molecular flexibility index (Phi) is 5.54. The number of anilines is 1. The molecule has 3 heterocycles. The third kappa shape index (κ3) is 3.86. The van der Waals surface area contributed by atoms with Gasteiger partial charge in [0, 0.05) is 32.3 Å². The molecule has 1 aromatic carbocycles. The molecule has 2 fully saturated rings. The Morgan fingerprint density at radius 1 is 1.18 bits per heavy atom. The maximum atomic E-state index is 12.7. The number of aliphatic imine (C=N–C) groups is 1. The summed E-state index contributed by atoms with van der Waals surface area (Å²) in [5.41, 5.74) is 2.07. The van der Waals surface area contributed by atoms with Crippen molar-refractivity contribution in [1.29, 1.82) is 0 Å². The predicted octanol–water partition coefficient (Wildman–Crippen LogP) is 3.91. The Bertz CT molecular complexity index is 928. The van der Waals surface area contributed by atoms with Crippen molar-refractivity contribution in [3.05, 3.63) is 52.6 Å². The molecule has 4 rings (SSSR count). The van der Waals surface area contributed by atoms with Crippen molar-refractivity contribution in [2.24, 2.45) is 4.99 Å². The molecule has 1 aromatic heterocycles. The van der Waals surface area contributed by atoms with Gasteiger partial charge in [0.25, 0.3) is 5.91 Å². The summed E-state index contributed by atoms with van der Waals surface area (Å²) in [5.74, 6) is 1.41. The van der Waals surface area contributed by atoms with Gasteiger partial charge in [-0.3, -0.25) is 9.69 Å². The zero-order valence-corrected chi connectivity index (χ0v) is 16.9. The maximum Gasteiger partial charge on any atom is 0.266 e. The van der Waals surface area contributed by atoms with Gasteiger partial charge in [0.15, 0.2) is 11.1 Å². The van der Waals surface area contributed by atoms with Crippen LogP contribution >= 0.6 is 11.8 Å². The number of amides is 1. The lowest BCUT2D eigenvalue weighted by molar-refractivity contribution is -0.121. The lowest BCUT2D eigenvalue weighted by atomic mass is 10.1. The lowest BCUT2D eigenvalue weighted by Crippen LogP contribution is -2.35. The van der Waals surface area contributed by atoms with Gasteiger partial charge in [0.2, 0.25) is 0 Å². The highest BCUT2D eigenvalue weighted by Crippen LogP contribution is 2.34. The summed E-state index contributed by atoms with van der Waals surface area (Å²) in [6.07, 6.45) is 2.69. The molecular formula is C21H23N3O3S. The number of rotatable bonds is 4. The number of thioether (sulfide) groups is 1. The van der Waals surface area contributed by atoms with Crippen molar-refractivity contribution >= 4 is 40.5 Å². The van der Waals surface area contributed by atoms with Crippen LogP contribution in [-0.2, 0) is 16.0 Å². The van der Waals surface area contributed by atoms with E-state index in [1.807, 2.05) is 30.3 Å². The fourth-order valence-electron chi connectivity index (χ4n) is 3.18. The molecule has 0 saturated carbocycles. The van der Waals surface area contributed by atoms with Crippen LogP contribution in [0.1, 0.15) is 18.2 Å². The smallest absolute Gasteiger partial charge is 0.266 e. The normalized spacial score (nSPS) is 20.6. The highest BCUT2D eigenvalue weighted by molar-refractivity contribution is 8.18. The van der Waals surface area contributed by atoms with Gasteiger partial charge in [-0.1, -0.05) is 25.1 Å². The molecule has 28 heavy (non-hydrogen) atoms. The minimum atomic E-state index is -0.0675. The van der Waals surface area contributed by atoms with Gasteiger partial charge in [0.05, 0.1) is 23.8 Å². The molecule has 7 heteroatoms. The van der Waals surface area contributed by atoms with Gasteiger partial charge >= 0.3 is 0 Å². The zero-order valence-electron chi connectivity index (χ0n) is 16.1. The van der Waals surface area contributed by atoms with Crippen LogP contribution in [0, 0.1) is 0 Å². The number of para-hydroxylation sites is 1. The van der Waals surface area contributed by atoms with Crippen LogP contribution in [0.4, 0.5) is 11.6 Å². The van der Waals surface area contributed by atoms with E-state index in [0.29, 0.717) is 29.0 Å². The molecule has 146 valence electrons. The number of hydrogen-bond donors (Lipinski definition) is 0. The number of benzene rings is 1. The van der Waals surface area contributed by atoms with Gasteiger partial charge in [-0.05, 0) is 35.9 Å². The summed E-state index contributed by atoms with van der Waals surface area (Å²) in [6, 6.07) is 11.9. The first-order valence-electron chi connectivity index (χ1n) is 9.42. The van der Waals surface area contributed by atoms with Gasteiger partial charge in [-0.25, -0.2) is 4.99 Å². The van der Waals surface area contributed by atoms with E-state index in [1.54, 1.807) is 18.0 Å². The second-order valence-corrected chi connectivity index (χ2v) is 7.64. The van der Waals surface area contributed by atoms with Crippen LogP contribution in [0.5, 0.6) is 0 Å². The number of nitrogens with zero attached hydrogens (tertiary/aromatic N) is 3. The van der Waals surface area contributed by atoms with Crippen LogP contribution in [0.15, 0.2) is 50.7 Å². The van der Waals surface area contributed by atoms with E-state index in [1.165, 1.54) is 11.8 Å². The van der Waals surface area contributed by atoms with E-state index >= 15 is 0 Å². The second-order valence-electron chi connectivity index (χ2n) is 6.63. The van der Waals surface area contributed by atoms with Gasteiger partial charge in [0.1, 0.15) is 5.76 Å². The Balaban J connectivity index is 1.55. The van der Waals surface area contributed by atoms with Crippen LogP contribution < -0.4 is 4.90 Å². The first-order valence-corrected chi connectivity index (χ1v) is 10.2. The number of ether oxygens (including phenoxy) is 1. The highest BCUT2D eigenvalue weighted by atomic mass is 32.2. The van der Waals surface area contributed by atoms with Crippen molar-refractivity contribution in [2.45, 2.75) is 13.3 Å². The van der Waals surface area contributed by atoms with Crippen molar-refractivity contribution in [3.8, 4) is 0 Å². The quantitative estimate of drug-likeness (QED) is 0.732. The third-order valence-electron chi connectivity index (χ3n) is 4.80. The molecule has 0 bridgehead atoms. The predicted molar refractivity (Wildman–Crippen MR) is 113 cm³/mol. The van der Waals surface area contributed by atoms with E-state index in [-0.39, 0.29) is 5.91 Å². The minimum absolute atomic E-state index is 0.0675. The molecule has 2 aliphatic heterocycles. The van der Waals surface area contributed by atoms with Crippen LogP contribution in [-0.4, -0.2) is 49.3 Å². The number of likely N-dealkylation sites (N-methyl/N-ethyl adjacent to an activating group) is 1. The standard InChI is InChI=1S/C21H23N3O3S/c1-3-15-6-4-5-7-17(15)22-21-23(2)20(25)18(28-21)14-16-8-9-19(27-16)24-10-12-26-13-11-24/h4-9,14H,3,10-13H2,1-2H3/b18-14+,22-21?. The molecule has 0 spiro atoms. The van der Waals surface area contributed by atoms with Crippen LogP contribution in [0.3, 0.4) is 0 Å². The fraction of sp³-hybridized carbons (Fsp3) is 0.333. The molecule has 2 aliphatic rings. The number of furan rings is 1. The van der Waals surface area contributed by atoms with E-state index in [0.717, 1.165) is 36.6 Å². The number of morpholine rings is 1. The number of carbonyl (C=O) groups is 1. The zero-order chi connectivity index (χ0) is 19.5. The topological polar surface area (TPSA) is 58.3 Å². The van der Waals surface area contributed by atoms with Crippen LogP contribution in [0.25, 0.3) is 6.08 Å². The number of carbonyl (C=O) groups excluding carboxylic acids is 1. The van der Waals surface area contributed by atoms with Gasteiger partial charge in [-0.2, -0.15) is 0 Å². The van der Waals surface area contributed by atoms with E-state index in [2.05, 4.69) is 17.9 Å². The Morgan fingerprint density at radius 2 is 1.96 bits per heavy atom. The Labute approximate surface area is 168 Å². The number of hydrogen-bond acceptors (Lipinski definition) is 6. The number of amidine groups is 1. The number of aryl methyl sites for hydroxylation is 1. The third-order valence-corrected chi connectivity index (χ3v) is 5.86. The largest absolute Gasteiger partial charge is 0.441 e. The molecule has 0 N–H and O–H groups in total. The van der Waals surface area contributed by atoms with E-state index < -0.39 is 0 Å². The van der Waals surface area contributed by atoms with Crippen molar-refractivity contribution in [3.63, 3.8) is 0 Å². The monoisotopic (exact) mass is 397 g/mol. The summed E-state index contributed by atoms with van der Waals surface area (Å²) in [6.45, 7) is 5.13. The average molecular weight is 398 g/mol. The first-order chi connectivity index (χ1) is 13.7. The van der Waals surface area contributed by atoms with Gasteiger partial charge < -0.3 is 14.1 Å². The van der Waals surface area contributed by atoms with E-state index in [9.17, 15) is 4.79 Å². The molecule has 6 nitrogen and oxygen atoms in total. The Morgan fingerprint density at radius 3 is 2.75 bits per heavy atom. The molecule has 1 amide bonds. The molecule has 0 aliphatic carbocycles. The molecule has 2 saturated heterocycles. The van der Waals surface area contributed by atoms with Crippen LogP contribution in [0.2, 0.25) is 0 Å². The summed E-state index contributed by atoms with van der Waals surface area (Å²) in [4.78, 5) is 21.7. The summed E-state index contributed by atoms with van der Waals surface area (Å²) >= 11 is 1.37. The average Bonchev–Trinajstić information content (AvgIpc) is 3.30. The summed E-state index contributed by atoms with van der Waals surface area (Å²) in [5, 5.41) is 0.678. The highest BCUT2D eigenvalue weighted by Gasteiger charge is 2.31. The fourth-order valence-corrected chi connectivity index (χ4v) is 4.14. The first kappa shape index (κ1) is 18.8. The molecule has 2 aromatic rings. The summed E-state index contributed by atoms with van der Waals surface area (Å²) in [7, 11) is 1.75. The van der Waals surface area contributed by atoms with Crippen molar-refractivity contribution in [2.75, 3.05) is 38.3 Å². The van der Waals surface area contributed by atoms with Crippen molar-refractivity contribution in [1.82, 2.24) is 4.90 Å². The van der Waals surface area contributed by atoms with Crippen molar-refractivity contribution < 1.29 is 13.9 Å². The lowest BCUT2D eigenvalue weighted by Gasteiger charge is -2.26. The summed E-state index contributed by atoms with van der Waals surface area (Å²) < 4.78 is 11.3. The molecule has 0 atom stereocenters. The molecule has 0 radical (unpaired) electrons. The Hall–Kier alpha value is -2.51. The second kappa shape index (κ2) is 8.24. The van der Waals surface area contributed by atoms with E-state index in [4.69, 9.17) is 14.1 Å². The minimum Gasteiger partial charge on any atom is -0.441 e. The molecule has 0 unspecified atom stereocenters.